The van der Waals surface area contributed by atoms with Gasteiger partial charge in [-0.2, -0.15) is 0 Å². The number of aromatic nitrogens is 3. The van der Waals surface area contributed by atoms with Crippen LogP contribution in [0.25, 0.3) is 0 Å². The van der Waals surface area contributed by atoms with Crippen molar-refractivity contribution >= 4 is 16.5 Å². The predicted octanol–water partition coefficient (Wildman–Crippen LogP) is 1.30. The smallest absolute Gasteiger partial charge is 0.203 e. The molecule has 72 valence electrons. The molecule has 2 rings (SSSR count). The van der Waals surface area contributed by atoms with E-state index >= 15 is 0 Å². The van der Waals surface area contributed by atoms with Gasteiger partial charge in [-0.25, -0.2) is 0 Å². The Labute approximate surface area is 85.8 Å². The highest BCUT2D eigenvalue weighted by Crippen LogP contribution is 2.12. The van der Waals surface area contributed by atoms with E-state index in [1.165, 1.54) is 11.3 Å². The summed E-state index contributed by atoms with van der Waals surface area (Å²) >= 11 is 1.43. The van der Waals surface area contributed by atoms with E-state index in [-0.39, 0.29) is 0 Å². The number of aryl methyl sites for hydroxylation is 2. The number of pyridine rings is 1. The van der Waals surface area contributed by atoms with E-state index in [0.717, 1.165) is 23.5 Å². The zero-order valence-corrected chi connectivity index (χ0v) is 8.37. The zero-order chi connectivity index (χ0) is 9.80. The normalized spacial score (nSPS) is 10.3. The third kappa shape index (κ3) is 2.26. The molecule has 2 heterocycles. The van der Waals surface area contributed by atoms with Crippen molar-refractivity contribution in [2.75, 3.05) is 5.73 Å². The van der Waals surface area contributed by atoms with Crippen LogP contribution >= 0.6 is 11.3 Å². The molecule has 0 fully saturated rings. The highest BCUT2D eigenvalue weighted by Gasteiger charge is 2.01. The lowest BCUT2D eigenvalue weighted by atomic mass is 10.2. The SMILES string of the molecule is Nc1nnc(CCc2ccccn2)s1. The quantitative estimate of drug-likeness (QED) is 0.822. The third-order valence-corrected chi connectivity index (χ3v) is 2.62. The Morgan fingerprint density at radius 3 is 2.79 bits per heavy atom. The number of hydrogen-bond donors (Lipinski definition) is 1. The summed E-state index contributed by atoms with van der Waals surface area (Å²) in [6.07, 6.45) is 3.53. The van der Waals surface area contributed by atoms with Crippen molar-refractivity contribution in [3.8, 4) is 0 Å². The Kier molecular flexibility index (Phi) is 2.69. The third-order valence-electron chi connectivity index (χ3n) is 1.80. The van der Waals surface area contributed by atoms with Crippen molar-refractivity contribution in [1.29, 1.82) is 0 Å². The van der Waals surface area contributed by atoms with Crippen LogP contribution in [0, 0.1) is 0 Å². The van der Waals surface area contributed by atoms with Crippen LogP contribution < -0.4 is 5.73 Å². The maximum Gasteiger partial charge on any atom is 0.203 e. The van der Waals surface area contributed by atoms with Crippen LogP contribution in [0.2, 0.25) is 0 Å². The van der Waals surface area contributed by atoms with Gasteiger partial charge in [-0.05, 0) is 18.6 Å². The van der Waals surface area contributed by atoms with E-state index in [1.807, 2.05) is 18.2 Å². The van der Waals surface area contributed by atoms with Gasteiger partial charge in [0.1, 0.15) is 5.01 Å². The second-order valence-corrected chi connectivity index (χ2v) is 3.95. The molecule has 0 aliphatic carbocycles. The second kappa shape index (κ2) is 4.15. The fourth-order valence-electron chi connectivity index (χ4n) is 1.15. The van der Waals surface area contributed by atoms with Crippen LogP contribution in [0.3, 0.4) is 0 Å². The summed E-state index contributed by atoms with van der Waals surface area (Å²) in [7, 11) is 0. The Hall–Kier alpha value is -1.49. The van der Waals surface area contributed by atoms with Gasteiger partial charge in [0.05, 0.1) is 0 Å². The largest absolute Gasteiger partial charge is 0.374 e. The van der Waals surface area contributed by atoms with E-state index in [1.54, 1.807) is 6.20 Å². The Morgan fingerprint density at radius 2 is 2.14 bits per heavy atom. The van der Waals surface area contributed by atoms with Gasteiger partial charge in [0, 0.05) is 18.3 Å². The molecule has 0 aromatic carbocycles. The van der Waals surface area contributed by atoms with Crippen molar-refractivity contribution in [3.05, 3.63) is 35.1 Å². The van der Waals surface area contributed by atoms with Crippen LogP contribution in [-0.4, -0.2) is 15.2 Å². The lowest BCUT2D eigenvalue weighted by molar-refractivity contribution is 0.877. The summed E-state index contributed by atoms with van der Waals surface area (Å²) in [6, 6.07) is 5.90. The maximum atomic E-state index is 5.48. The van der Waals surface area contributed by atoms with Gasteiger partial charge in [0.2, 0.25) is 5.13 Å². The van der Waals surface area contributed by atoms with Crippen LogP contribution in [0.1, 0.15) is 10.7 Å². The van der Waals surface area contributed by atoms with E-state index in [0.29, 0.717) is 5.13 Å². The summed E-state index contributed by atoms with van der Waals surface area (Å²) in [5.41, 5.74) is 6.55. The zero-order valence-electron chi connectivity index (χ0n) is 7.55. The van der Waals surface area contributed by atoms with Crippen molar-refractivity contribution in [2.45, 2.75) is 12.8 Å². The first-order valence-electron chi connectivity index (χ1n) is 4.32. The predicted molar refractivity (Wildman–Crippen MR) is 56.0 cm³/mol. The molecule has 0 saturated heterocycles. The average Bonchev–Trinajstić information content (AvgIpc) is 2.63. The fraction of sp³-hybridized carbons (Fsp3) is 0.222. The molecule has 0 aliphatic rings. The molecule has 0 bridgehead atoms. The number of anilines is 1. The molecule has 4 nitrogen and oxygen atoms in total. The van der Waals surface area contributed by atoms with Gasteiger partial charge < -0.3 is 5.73 Å². The first-order chi connectivity index (χ1) is 6.84. The van der Waals surface area contributed by atoms with Gasteiger partial charge in [-0.15, -0.1) is 10.2 Å². The molecular formula is C9H10N4S. The Morgan fingerprint density at radius 1 is 1.21 bits per heavy atom. The minimum atomic E-state index is 0.529. The summed E-state index contributed by atoms with van der Waals surface area (Å²) in [4.78, 5) is 4.23. The maximum absolute atomic E-state index is 5.48. The Bertz CT molecular complexity index is 398. The molecule has 0 aliphatic heterocycles. The Balaban J connectivity index is 1.95. The molecule has 0 saturated carbocycles. The lowest BCUT2D eigenvalue weighted by Crippen LogP contribution is -1.92. The van der Waals surface area contributed by atoms with Gasteiger partial charge in [-0.1, -0.05) is 17.4 Å². The standard InChI is InChI=1S/C9H10N4S/c10-9-13-12-8(14-9)5-4-7-3-1-2-6-11-7/h1-3,6H,4-5H2,(H2,10,13). The van der Waals surface area contributed by atoms with Crippen molar-refractivity contribution in [3.63, 3.8) is 0 Å². The molecule has 0 spiro atoms. The molecule has 0 unspecified atom stereocenters. The minimum Gasteiger partial charge on any atom is -0.374 e. The molecule has 5 heteroatoms. The number of hydrogen-bond acceptors (Lipinski definition) is 5. The summed E-state index contributed by atoms with van der Waals surface area (Å²) in [5, 5.41) is 9.20. The van der Waals surface area contributed by atoms with Gasteiger partial charge >= 0.3 is 0 Å². The highest BCUT2D eigenvalue weighted by atomic mass is 32.1. The van der Waals surface area contributed by atoms with Gasteiger partial charge in [0.25, 0.3) is 0 Å². The van der Waals surface area contributed by atoms with Crippen LogP contribution in [0.5, 0.6) is 0 Å². The van der Waals surface area contributed by atoms with Crippen LogP contribution in [0.15, 0.2) is 24.4 Å². The van der Waals surface area contributed by atoms with Gasteiger partial charge in [0.15, 0.2) is 0 Å². The molecular weight excluding hydrogens is 196 g/mol. The van der Waals surface area contributed by atoms with Crippen molar-refractivity contribution in [1.82, 2.24) is 15.2 Å². The molecule has 0 radical (unpaired) electrons. The summed E-state index contributed by atoms with van der Waals surface area (Å²) in [6.45, 7) is 0. The fourth-order valence-corrected chi connectivity index (χ4v) is 1.76. The van der Waals surface area contributed by atoms with E-state index in [9.17, 15) is 0 Å². The summed E-state index contributed by atoms with van der Waals surface area (Å²) < 4.78 is 0. The first-order valence-corrected chi connectivity index (χ1v) is 5.14. The average molecular weight is 206 g/mol. The molecule has 2 aromatic heterocycles. The van der Waals surface area contributed by atoms with Gasteiger partial charge in [-0.3, -0.25) is 4.98 Å². The number of rotatable bonds is 3. The topological polar surface area (TPSA) is 64.7 Å². The van der Waals surface area contributed by atoms with Crippen molar-refractivity contribution in [2.24, 2.45) is 0 Å². The second-order valence-electron chi connectivity index (χ2n) is 2.86. The molecule has 14 heavy (non-hydrogen) atoms. The molecule has 2 N–H and O–H groups in total. The molecule has 2 aromatic rings. The highest BCUT2D eigenvalue weighted by molar-refractivity contribution is 7.15. The number of nitrogens with zero attached hydrogens (tertiary/aromatic N) is 3. The monoisotopic (exact) mass is 206 g/mol. The molecule has 0 amide bonds. The lowest BCUT2D eigenvalue weighted by Gasteiger charge is -1.95. The summed E-state index contributed by atoms with van der Waals surface area (Å²) in [5.74, 6) is 0. The molecule has 0 atom stereocenters. The number of nitrogen functional groups attached to an aromatic ring is 1. The van der Waals surface area contributed by atoms with E-state index in [4.69, 9.17) is 5.73 Å². The van der Waals surface area contributed by atoms with Crippen LogP contribution in [0.4, 0.5) is 5.13 Å². The van der Waals surface area contributed by atoms with E-state index < -0.39 is 0 Å². The van der Waals surface area contributed by atoms with Crippen molar-refractivity contribution < 1.29 is 0 Å². The first kappa shape index (κ1) is 9.08. The minimum absolute atomic E-state index is 0.529. The van der Waals surface area contributed by atoms with E-state index in [2.05, 4.69) is 15.2 Å². The number of nitrogens with two attached hydrogens (primary N) is 1. The van der Waals surface area contributed by atoms with Crippen LogP contribution in [-0.2, 0) is 12.8 Å².